The van der Waals surface area contributed by atoms with Crippen molar-refractivity contribution >= 4 is 57.5 Å². The van der Waals surface area contributed by atoms with Crippen LogP contribution in [-0.2, 0) is 22.7 Å². The summed E-state index contributed by atoms with van der Waals surface area (Å²) in [7, 11) is 1.24. The maximum Gasteiger partial charge on any atom is 0.373 e. The third-order valence-electron chi connectivity index (χ3n) is 5.37. The van der Waals surface area contributed by atoms with Crippen molar-refractivity contribution in [1.82, 2.24) is 4.90 Å². The van der Waals surface area contributed by atoms with Crippen LogP contribution in [-0.4, -0.2) is 35.7 Å². The fourth-order valence-electron chi connectivity index (χ4n) is 3.53. The Morgan fingerprint density at radius 1 is 1.11 bits per heavy atom. The van der Waals surface area contributed by atoms with Gasteiger partial charge in [-0.05, 0) is 89.7 Å². The molecule has 1 aliphatic rings. The van der Waals surface area contributed by atoms with E-state index in [9.17, 15) is 14.4 Å². The van der Waals surface area contributed by atoms with Crippen molar-refractivity contribution in [3.63, 3.8) is 0 Å². The highest BCUT2D eigenvalue weighted by Gasteiger charge is 2.36. The molecule has 2 amide bonds. The Labute approximate surface area is 232 Å². The third-order valence-corrected chi connectivity index (χ3v) is 7.08. The molecule has 0 saturated carbocycles. The molecule has 3 aromatic rings. The number of rotatable bonds is 9. The number of halogens is 1. The highest BCUT2D eigenvalue weighted by Crippen LogP contribution is 2.38. The van der Waals surface area contributed by atoms with E-state index < -0.39 is 17.1 Å². The van der Waals surface area contributed by atoms with Gasteiger partial charge in [0.05, 0.1) is 28.7 Å². The number of carbonyl (C=O) groups is 3. The Hall–Kier alpha value is -3.25. The van der Waals surface area contributed by atoms with Gasteiger partial charge in [0, 0.05) is 0 Å². The highest BCUT2D eigenvalue weighted by molar-refractivity contribution is 14.1. The van der Waals surface area contributed by atoms with Crippen LogP contribution in [0.5, 0.6) is 11.5 Å². The molecule has 1 fully saturated rings. The van der Waals surface area contributed by atoms with Crippen LogP contribution >= 0.6 is 34.4 Å². The van der Waals surface area contributed by atoms with Gasteiger partial charge in [0.15, 0.2) is 11.5 Å². The average Bonchev–Trinajstić information content (AvgIpc) is 3.45. The quantitative estimate of drug-likeness (QED) is 0.156. The van der Waals surface area contributed by atoms with Crippen molar-refractivity contribution in [1.29, 1.82) is 0 Å². The topological polar surface area (TPSA) is 95.3 Å². The number of esters is 1. The summed E-state index contributed by atoms with van der Waals surface area (Å²) < 4.78 is 22.8. The number of furan rings is 1. The van der Waals surface area contributed by atoms with Gasteiger partial charge >= 0.3 is 5.97 Å². The first-order valence-corrected chi connectivity index (χ1v) is 13.3. The number of hydrogen-bond acceptors (Lipinski definition) is 8. The second-order valence-electron chi connectivity index (χ2n) is 8.06. The molecule has 1 saturated heterocycles. The van der Waals surface area contributed by atoms with E-state index in [0.717, 1.165) is 25.8 Å². The Bertz CT molecular complexity index is 1360. The first-order valence-electron chi connectivity index (χ1n) is 11.4. The predicted octanol–water partition coefficient (Wildman–Crippen LogP) is 6.19. The molecule has 1 aliphatic heterocycles. The smallest absolute Gasteiger partial charge is 0.373 e. The molecule has 0 atom stereocenters. The van der Waals surface area contributed by atoms with Gasteiger partial charge in [0.1, 0.15) is 12.4 Å². The van der Waals surface area contributed by atoms with Gasteiger partial charge in [0.25, 0.3) is 11.1 Å². The normalized spacial score (nSPS) is 14.4. The van der Waals surface area contributed by atoms with E-state index in [2.05, 4.69) is 27.3 Å². The first kappa shape index (κ1) is 26.8. The lowest BCUT2D eigenvalue weighted by atomic mass is 10.1. The van der Waals surface area contributed by atoms with E-state index in [1.54, 1.807) is 12.1 Å². The fourth-order valence-corrected chi connectivity index (χ4v) is 5.15. The molecule has 1 aromatic heterocycles. The van der Waals surface area contributed by atoms with Gasteiger partial charge in [-0.2, -0.15) is 0 Å². The molecule has 2 heterocycles. The van der Waals surface area contributed by atoms with Crippen molar-refractivity contribution < 1.29 is 33.0 Å². The maximum atomic E-state index is 13.0. The monoisotopic (exact) mass is 633 g/mol. The summed E-state index contributed by atoms with van der Waals surface area (Å²) in [6, 6.07) is 14.7. The van der Waals surface area contributed by atoms with Crippen LogP contribution in [0, 0.1) is 10.5 Å². The van der Waals surface area contributed by atoms with Crippen LogP contribution in [0.3, 0.4) is 0 Å². The zero-order valence-corrected chi connectivity index (χ0v) is 23.4. The van der Waals surface area contributed by atoms with E-state index >= 15 is 0 Å². The number of ether oxygens (including phenoxy) is 3. The summed E-state index contributed by atoms with van der Waals surface area (Å²) in [6.07, 6.45) is 1.65. The Kier molecular flexibility index (Phi) is 8.59. The number of imide groups is 1. The molecule has 8 nitrogen and oxygen atoms in total. The van der Waals surface area contributed by atoms with Crippen LogP contribution in [0.4, 0.5) is 4.79 Å². The van der Waals surface area contributed by atoms with E-state index in [1.165, 1.54) is 24.8 Å². The molecule has 0 aliphatic carbocycles. The molecule has 0 spiro atoms. The lowest BCUT2D eigenvalue weighted by molar-refractivity contribution is -0.123. The number of nitrogens with zero attached hydrogens (tertiary/aromatic N) is 1. The van der Waals surface area contributed by atoms with Crippen LogP contribution in [0.25, 0.3) is 6.08 Å². The van der Waals surface area contributed by atoms with Crippen LogP contribution in [0.15, 0.2) is 57.9 Å². The summed E-state index contributed by atoms with van der Waals surface area (Å²) in [5, 5.41) is -0.426. The van der Waals surface area contributed by atoms with E-state index in [4.69, 9.17) is 13.9 Å². The molecule has 10 heteroatoms. The molecule has 0 unspecified atom stereocenters. The lowest BCUT2D eigenvalue weighted by Gasteiger charge is -2.15. The van der Waals surface area contributed by atoms with Crippen molar-refractivity contribution in [2.75, 3.05) is 13.7 Å². The van der Waals surface area contributed by atoms with Gasteiger partial charge < -0.3 is 18.6 Å². The van der Waals surface area contributed by atoms with Crippen molar-refractivity contribution in [2.24, 2.45) is 0 Å². The van der Waals surface area contributed by atoms with Gasteiger partial charge in [0.2, 0.25) is 5.76 Å². The molecular formula is C27H24INO7S. The van der Waals surface area contributed by atoms with Gasteiger partial charge in [-0.3, -0.25) is 14.5 Å². The molecule has 2 aromatic carbocycles. The van der Waals surface area contributed by atoms with E-state index in [0.29, 0.717) is 36.0 Å². The minimum atomic E-state index is -0.633. The standard InChI is InChI=1S/C27H24INO7S/c1-4-34-22-12-18(11-20(28)24(22)35-15-17-7-5-16(2)6-8-17)13-23-25(30)29(27(32)37-23)14-19-9-10-21(36-19)26(31)33-3/h5-13H,4,14-15H2,1-3H3/b23-13+. The summed E-state index contributed by atoms with van der Waals surface area (Å²) in [6.45, 7) is 4.65. The third kappa shape index (κ3) is 6.37. The average molecular weight is 633 g/mol. The Balaban J connectivity index is 1.52. The number of benzene rings is 2. The molecule has 0 bridgehead atoms. The van der Waals surface area contributed by atoms with Crippen LogP contribution < -0.4 is 9.47 Å². The first-order chi connectivity index (χ1) is 17.8. The lowest BCUT2D eigenvalue weighted by Crippen LogP contribution is -2.27. The zero-order valence-electron chi connectivity index (χ0n) is 20.4. The summed E-state index contributed by atoms with van der Waals surface area (Å²) in [5.74, 6) is 0.394. The molecule has 192 valence electrons. The van der Waals surface area contributed by atoms with Crippen molar-refractivity contribution in [3.8, 4) is 11.5 Å². The van der Waals surface area contributed by atoms with Gasteiger partial charge in [-0.15, -0.1) is 0 Å². The number of methoxy groups -OCH3 is 1. The molecule has 37 heavy (non-hydrogen) atoms. The summed E-state index contributed by atoms with van der Waals surface area (Å²) in [4.78, 5) is 38.5. The second-order valence-corrected chi connectivity index (χ2v) is 10.2. The van der Waals surface area contributed by atoms with Crippen molar-refractivity contribution in [2.45, 2.75) is 27.0 Å². The Morgan fingerprint density at radius 3 is 2.57 bits per heavy atom. The zero-order chi connectivity index (χ0) is 26.5. The number of hydrogen-bond donors (Lipinski definition) is 0. The predicted molar refractivity (Wildman–Crippen MR) is 147 cm³/mol. The minimum Gasteiger partial charge on any atom is -0.490 e. The minimum absolute atomic E-state index is 0.00253. The fraction of sp³-hybridized carbons (Fsp3) is 0.222. The van der Waals surface area contributed by atoms with Gasteiger partial charge in [-0.1, -0.05) is 29.8 Å². The number of thioether (sulfide) groups is 1. The number of carbonyl (C=O) groups excluding carboxylic acids is 3. The van der Waals surface area contributed by atoms with Crippen molar-refractivity contribution in [3.05, 3.63) is 85.2 Å². The van der Waals surface area contributed by atoms with E-state index in [1.807, 2.05) is 44.2 Å². The SMILES string of the molecule is CCOc1cc(/C=C2/SC(=O)N(Cc3ccc(C(=O)OC)o3)C2=O)cc(I)c1OCc1ccc(C)cc1. The summed E-state index contributed by atoms with van der Waals surface area (Å²) in [5.41, 5.74) is 2.92. The van der Waals surface area contributed by atoms with Gasteiger partial charge in [-0.25, -0.2) is 4.79 Å². The maximum absolute atomic E-state index is 13.0. The molecular weight excluding hydrogens is 609 g/mol. The largest absolute Gasteiger partial charge is 0.490 e. The Morgan fingerprint density at radius 2 is 1.86 bits per heavy atom. The van der Waals surface area contributed by atoms with Crippen LogP contribution in [0.1, 0.15) is 39.9 Å². The number of aryl methyl sites for hydroxylation is 1. The second kappa shape index (κ2) is 11.9. The molecule has 4 rings (SSSR count). The number of amides is 2. The highest BCUT2D eigenvalue weighted by atomic mass is 127. The molecule has 0 N–H and O–H groups in total. The summed E-state index contributed by atoms with van der Waals surface area (Å²) >= 11 is 3.01. The van der Waals surface area contributed by atoms with Crippen LogP contribution in [0.2, 0.25) is 0 Å². The van der Waals surface area contributed by atoms with E-state index in [-0.39, 0.29) is 17.2 Å². The molecule has 0 radical (unpaired) electrons.